The monoisotopic (exact) mass is 260 g/mol. The second-order valence-electron chi connectivity index (χ2n) is 5.02. The van der Waals surface area contributed by atoms with Crippen molar-refractivity contribution in [1.82, 2.24) is 0 Å². The summed E-state index contributed by atoms with van der Waals surface area (Å²) in [4.78, 5) is 10.7. The second kappa shape index (κ2) is 9.60. The van der Waals surface area contributed by atoms with E-state index in [0.29, 0.717) is 5.56 Å². The molecule has 2 nitrogen and oxygen atoms in total. The quantitative estimate of drug-likeness (QED) is 0.628. The third-order valence-corrected chi connectivity index (χ3v) is 3.46. The molecule has 1 aromatic carbocycles. The van der Waals surface area contributed by atoms with Gasteiger partial charge in [-0.15, -0.1) is 0 Å². The van der Waals surface area contributed by atoms with Crippen molar-refractivity contribution in [2.24, 2.45) is 0 Å². The highest BCUT2D eigenvalue weighted by Crippen LogP contribution is 2.15. The SMILES string of the molecule is CCCCCCCCNc1ccc([C]=O)c(CC)c1. The predicted molar refractivity (Wildman–Crippen MR) is 82.5 cm³/mol. The summed E-state index contributed by atoms with van der Waals surface area (Å²) in [6.07, 6.45) is 10.7. The van der Waals surface area contributed by atoms with Crippen molar-refractivity contribution >= 4 is 12.0 Å². The van der Waals surface area contributed by atoms with E-state index < -0.39 is 0 Å². The van der Waals surface area contributed by atoms with Gasteiger partial charge in [-0.3, -0.25) is 4.79 Å². The number of aryl methyl sites for hydroxylation is 1. The zero-order chi connectivity index (χ0) is 13.9. The van der Waals surface area contributed by atoms with E-state index in [0.717, 1.165) is 24.2 Å². The minimum atomic E-state index is 0.688. The topological polar surface area (TPSA) is 29.1 Å². The van der Waals surface area contributed by atoms with Gasteiger partial charge < -0.3 is 5.32 Å². The van der Waals surface area contributed by atoms with Crippen molar-refractivity contribution < 1.29 is 4.79 Å². The lowest BCUT2D eigenvalue weighted by Gasteiger charge is -2.09. The first kappa shape index (κ1) is 15.7. The summed E-state index contributed by atoms with van der Waals surface area (Å²) in [6, 6.07) is 5.89. The number of carbonyl (C=O) groups excluding carboxylic acids is 1. The van der Waals surface area contributed by atoms with Crippen molar-refractivity contribution in [3.8, 4) is 0 Å². The normalized spacial score (nSPS) is 10.4. The lowest BCUT2D eigenvalue weighted by Crippen LogP contribution is -2.03. The molecule has 1 N–H and O–H groups in total. The Bertz CT molecular complexity index is 374. The number of rotatable bonds is 10. The van der Waals surface area contributed by atoms with Crippen LogP contribution >= 0.6 is 0 Å². The molecule has 19 heavy (non-hydrogen) atoms. The number of hydrogen-bond donors (Lipinski definition) is 1. The number of benzene rings is 1. The molecular weight excluding hydrogens is 234 g/mol. The van der Waals surface area contributed by atoms with E-state index in [-0.39, 0.29) is 0 Å². The highest BCUT2D eigenvalue weighted by Gasteiger charge is 2.01. The van der Waals surface area contributed by atoms with E-state index in [9.17, 15) is 4.79 Å². The van der Waals surface area contributed by atoms with Gasteiger partial charge in [-0.05, 0) is 36.6 Å². The van der Waals surface area contributed by atoms with Crippen LogP contribution in [0.3, 0.4) is 0 Å². The summed E-state index contributed by atoms with van der Waals surface area (Å²) in [5.74, 6) is 0. The molecular formula is C17H26NO. The summed E-state index contributed by atoms with van der Waals surface area (Å²) in [6.45, 7) is 5.32. The molecule has 0 bridgehead atoms. The Labute approximate surface area is 117 Å². The zero-order valence-electron chi connectivity index (χ0n) is 12.3. The maximum absolute atomic E-state index is 10.7. The van der Waals surface area contributed by atoms with Crippen LogP contribution in [-0.4, -0.2) is 12.8 Å². The maximum Gasteiger partial charge on any atom is 0.233 e. The molecule has 0 spiro atoms. The molecule has 0 fully saturated rings. The number of hydrogen-bond acceptors (Lipinski definition) is 2. The summed E-state index contributed by atoms with van der Waals surface area (Å²) >= 11 is 0. The van der Waals surface area contributed by atoms with E-state index in [1.165, 1.54) is 38.5 Å². The molecule has 0 aliphatic heterocycles. The number of unbranched alkanes of at least 4 members (excludes halogenated alkanes) is 5. The molecule has 0 heterocycles. The molecule has 0 aromatic heterocycles. The molecule has 0 aliphatic carbocycles. The summed E-state index contributed by atoms with van der Waals surface area (Å²) in [7, 11) is 0. The molecule has 0 saturated heterocycles. The largest absolute Gasteiger partial charge is 0.385 e. The highest BCUT2D eigenvalue weighted by atomic mass is 16.1. The Morgan fingerprint density at radius 1 is 1.05 bits per heavy atom. The molecule has 1 aromatic rings. The molecule has 0 unspecified atom stereocenters. The minimum Gasteiger partial charge on any atom is -0.385 e. The van der Waals surface area contributed by atoms with E-state index in [4.69, 9.17) is 0 Å². The van der Waals surface area contributed by atoms with Crippen molar-refractivity contribution in [1.29, 1.82) is 0 Å². The van der Waals surface area contributed by atoms with Gasteiger partial charge in [-0.25, -0.2) is 0 Å². The average molecular weight is 260 g/mol. The van der Waals surface area contributed by atoms with Crippen LogP contribution in [0.4, 0.5) is 5.69 Å². The summed E-state index contributed by atoms with van der Waals surface area (Å²) in [5, 5.41) is 3.43. The molecule has 0 atom stereocenters. The zero-order valence-corrected chi connectivity index (χ0v) is 12.3. The first-order chi connectivity index (χ1) is 9.31. The van der Waals surface area contributed by atoms with Crippen LogP contribution in [0.1, 0.15) is 63.5 Å². The molecule has 1 radical (unpaired) electrons. The van der Waals surface area contributed by atoms with Gasteiger partial charge >= 0.3 is 0 Å². The lowest BCUT2D eigenvalue weighted by atomic mass is 10.1. The van der Waals surface area contributed by atoms with Crippen LogP contribution in [0.15, 0.2) is 18.2 Å². The smallest absolute Gasteiger partial charge is 0.233 e. The Hall–Kier alpha value is -1.31. The van der Waals surface area contributed by atoms with Gasteiger partial charge in [-0.1, -0.05) is 46.0 Å². The van der Waals surface area contributed by atoms with Crippen molar-refractivity contribution in [3.63, 3.8) is 0 Å². The van der Waals surface area contributed by atoms with Crippen molar-refractivity contribution in [3.05, 3.63) is 29.3 Å². The van der Waals surface area contributed by atoms with Gasteiger partial charge in [0.1, 0.15) is 0 Å². The van der Waals surface area contributed by atoms with Gasteiger partial charge in [-0.2, -0.15) is 0 Å². The van der Waals surface area contributed by atoms with Crippen LogP contribution in [0.25, 0.3) is 0 Å². The number of anilines is 1. The highest BCUT2D eigenvalue weighted by molar-refractivity contribution is 5.79. The van der Waals surface area contributed by atoms with Gasteiger partial charge in [0.05, 0.1) is 0 Å². The van der Waals surface area contributed by atoms with Gasteiger partial charge in [0, 0.05) is 17.8 Å². The Morgan fingerprint density at radius 2 is 1.79 bits per heavy atom. The molecule has 1 rings (SSSR count). The minimum absolute atomic E-state index is 0.688. The second-order valence-corrected chi connectivity index (χ2v) is 5.02. The fourth-order valence-electron chi connectivity index (χ4n) is 2.23. The van der Waals surface area contributed by atoms with Crippen molar-refractivity contribution in [2.45, 2.75) is 58.8 Å². The van der Waals surface area contributed by atoms with E-state index in [2.05, 4.69) is 25.2 Å². The van der Waals surface area contributed by atoms with E-state index >= 15 is 0 Å². The van der Waals surface area contributed by atoms with E-state index in [1.54, 1.807) is 0 Å². The predicted octanol–water partition coefficient (Wildman–Crippen LogP) is 4.48. The maximum atomic E-state index is 10.7. The molecule has 0 saturated carbocycles. The fraction of sp³-hybridized carbons (Fsp3) is 0.588. The lowest BCUT2D eigenvalue weighted by molar-refractivity contribution is 0.562. The van der Waals surface area contributed by atoms with Gasteiger partial charge in [0.25, 0.3) is 0 Å². The van der Waals surface area contributed by atoms with Crippen LogP contribution in [-0.2, 0) is 11.2 Å². The van der Waals surface area contributed by atoms with Crippen LogP contribution in [0.5, 0.6) is 0 Å². The first-order valence-corrected chi connectivity index (χ1v) is 7.56. The molecule has 0 amide bonds. The van der Waals surface area contributed by atoms with Crippen molar-refractivity contribution in [2.75, 3.05) is 11.9 Å². The standard InChI is InChI=1S/C17H26NO/c1-3-5-6-7-8-9-12-18-17-11-10-16(14-19)15(4-2)13-17/h10-11,13,18H,3-9,12H2,1-2H3. The Kier molecular flexibility index (Phi) is 7.95. The van der Waals surface area contributed by atoms with Gasteiger partial charge in [0.2, 0.25) is 6.29 Å². The first-order valence-electron chi connectivity index (χ1n) is 7.56. The number of nitrogens with one attached hydrogen (secondary N) is 1. The average Bonchev–Trinajstić information content (AvgIpc) is 2.46. The molecule has 105 valence electrons. The Balaban J connectivity index is 2.27. The van der Waals surface area contributed by atoms with E-state index in [1.807, 2.05) is 18.4 Å². The Morgan fingerprint density at radius 3 is 2.47 bits per heavy atom. The van der Waals surface area contributed by atoms with Gasteiger partial charge in [0.15, 0.2) is 0 Å². The summed E-state index contributed by atoms with van der Waals surface area (Å²) < 4.78 is 0. The third-order valence-electron chi connectivity index (χ3n) is 3.46. The summed E-state index contributed by atoms with van der Waals surface area (Å²) in [5.41, 5.74) is 2.87. The molecule has 0 aliphatic rings. The van der Waals surface area contributed by atoms with Crippen LogP contribution < -0.4 is 5.32 Å². The fourth-order valence-corrected chi connectivity index (χ4v) is 2.23. The van der Waals surface area contributed by atoms with Crippen LogP contribution in [0, 0.1) is 0 Å². The third kappa shape index (κ3) is 5.91. The van der Waals surface area contributed by atoms with Crippen LogP contribution in [0.2, 0.25) is 0 Å². The molecule has 2 heteroatoms.